The average molecular weight is 438 g/mol. The molecule has 7 heteroatoms. The van der Waals surface area contributed by atoms with Crippen LogP contribution in [0.3, 0.4) is 0 Å². The van der Waals surface area contributed by atoms with Crippen molar-refractivity contribution in [3.8, 4) is 11.3 Å². The van der Waals surface area contributed by atoms with Gasteiger partial charge in [-0.1, -0.05) is 41.4 Å². The Morgan fingerprint density at radius 3 is 2.63 bits per heavy atom. The molecule has 1 aliphatic rings. The van der Waals surface area contributed by atoms with E-state index < -0.39 is 10.0 Å². The summed E-state index contributed by atoms with van der Waals surface area (Å²) in [6.07, 6.45) is 2.49. The van der Waals surface area contributed by atoms with Gasteiger partial charge in [-0.15, -0.1) is 0 Å². The molecular formula is C23H20ClN3O2S. The number of pyridine rings is 1. The lowest BCUT2D eigenvalue weighted by Crippen LogP contribution is -2.28. The lowest BCUT2D eigenvalue weighted by atomic mass is 9.96. The van der Waals surface area contributed by atoms with Crippen molar-refractivity contribution >= 4 is 38.2 Å². The van der Waals surface area contributed by atoms with E-state index in [1.165, 1.54) is 4.31 Å². The maximum Gasteiger partial charge on any atom is 0.264 e. The first kappa shape index (κ1) is 19.2. The molecule has 0 atom stereocenters. The highest BCUT2D eigenvalue weighted by molar-refractivity contribution is 7.92. The minimum absolute atomic E-state index is 0.275. The number of hydrogen-bond acceptors (Lipinski definition) is 3. The van der Waals surface area contributed by atoms with Crippen LogP contribution in [0.2, 0.25) is 5.15 Å². The maximum absolute atomic E-state index is 13.4. The van der Waals surface area contributed by atoms with Crippen LogP contribution < -0.4 is 4.31 Å². The highest BCUT2D eigenvalue weighted by atomic mass is 35.5. The topological polar surface area (TPSA) is 55.2 Å². The van der Waals surface area contributed by atoms with Gasteiger partial charge in [0.2, 0.25) is 0 Å². The fraction of sp³-hybridized carbons (Fsp3) is 0.174. The Morgan fingerprint density at radius 2 is 1.87 bits per heavy atom. The maximum atomic E-state index is 13.4. The molecule has 0 N–H and O–H groups in total. The van der Waals surface area contributed by atoms with E-state index in [-0.39, 0.29) is 4.90 Å². The smallest absolute Gasteiger partial charge is 0.264 e. The van der Waals surface area contributed by atoms with E-state index in [0.29, 0.717) is 10.8 Å². The number of halogens is 1. The predicted molar refractivity (Wildman–Crippen MR) is 121 cm³/mol. The summed E-state index contributed by atoms with van der Waals surface area (Å²) in [5, 5.41) is 1.46. The van der Waals surface area contributed by atoms with Crippen molar-refractivity contribution in [2.45, 2.75) is 24.8 Å². The van der Waals surface area contributed by atoms with Gasteiger partial charge in [-0.25, -0.2) is 13.4 Å². The van der Waals surface area contributed by atoms with Crippen molar-refractivity contribution in [3.05, 3.63) is 77.1 Å². The summed E-state index contributed by atoms with van der Waals surface area (Å²) in [5.74, 6) is 0. The van der Waals surface area contributed by atoms with Crippen LogP contribution in [0.1, 0.15) is 11.1 Å². The Morgan fingerprint density at radius 1 is 1.10 bits per heavy atom. The van der Waals surface area contributed by atoms with Crippen LogP contribution in [-0.4, -0.2) is 25.0 Å². The van der Waals surface area contributed by atoms with Crippen LogP contribution in [-0.2, 0) is 23.0 Å². The number of aryl methyl sites for hydroxylation is 3. The second-order valence-corrected chi connectivity index (χ2v) is 9.89. The highest BCUT2D eigenvalue weighted by Gasteiger charge is 2.28. The molecule has 152 valence electrons. The van der Waals surface area contributed by atoms with Crippen molar-refractivity contribution in [2.24, 2.45) is 0 Å². The van der Waals surface area contributed by atoms with Gasteiger partial charge in [-0.05, 0) is 49.2 Å². The summed E-state index contributed by atoms with van der Waals surface area (Å²) in [7, 11) is -2.09. The Balaban J connectivity index is 1.71. The number of nitrogens with zero attached hydrogens (tertiary/aromatic N) is 3. The van der Waals surface area contributed by atoms with Gasteiger partial charge >= 0.3 is 0 Å². The third kappa shape index (κ3) is 2.82. The zero-order valence-corrected chi connectivity index (χ0v) is 18.2. The summed E-state index contributed by atoms with van der Waals surface area (Å²) < 4.78 is 30.2. The number of benzene rings is 2. The van der Waals surface area contributed by atoms with E-state index in [1.807, 2.05) is 37.3 Å². The molecule has 0 aliphatic carbocycles. The average Bonchev–Trinajstić information content (AvgIpc) is 3.13. The van der Waals surface area contributed by atoms with Gasteiger partial charge in [0.05, 0.1) is 21.8 Å². The molecule has 0 radical (unpaired) electrons. The fourth-order valence-corrected chi connectivity index (χ4v) is 5.67. The second-order valence-electron chi connectivity index (χ2n) is 7.57. The van der Waals surface area contributed by atoms with Crippen molar-refractivity contribution < 1.29 is 8.42 Å². The largest absolute Gasteiger partial charge is 0.338 e. The first-order valence-electron chi connectivity index (χ1n) is 9.69. The minimum Gasteiger partial charge on any atom is -0.338 e. The Bertz CT molecular complexity index is 1390. The number of aromatic nitrogens is 2. The van der Waals surface area contributed by atoms with Crippen LogP contribution in [0.25, 0.3) is 22.2 Å². The molecule has 1 aliphatic heterocycles. The van der Waals surface area contributed by atoms with Crippen LogP contribution in [0.15, 0.2) is 65.7 Å². The molecule has 0 amide bonds. The zero-order valence-electron chi connectivity index (χ0n) is 16.6. The summed E-state index contributed by atoms with van der Waals surface area (Å²) in [6, 6.07) is 16.8. The summed E-state index contributed by atoms with van der Waals surface area (Å²) in [4.78, 5) is 4.50. The quantitative estimate of drug-likeness (QED) is 0.421. The molecule has 0 fully saturated rings. The molecule has 0 spiro atoms. The zero-order chi connectivity index (χ0) is 21.0. The molecule has 2 aromatic carbocycles. The van der Waals surface area contributed by atoms with Crippen molar-refractivity contribution in [2.75, 3.05) is 11.4 Å². The molecule has 0 saturated carbocycles. The summed E-state index contributed by atoms with van der Waals surface area (Å²) >= 11 is 6.39. The Kier molecular flexibility index (Phi) is 4.38. The van der Waals surface area contributed by atoms with Crippen LogP contribution in [0, 0.1) is 6.92 Å². The molecule has 5 nitrogen and oxygen atoms in total. The van der Waals surface area contributed by atoms with E-state index in [9.17, 15) is 8.42 Å². The van der Waals surface area contributed by atoms with Gasteiger partial charge in [-0.3, -0.25) is 4.31 Å². The van der Waals surface area contributed by atoms with Crippen LogP contribution >= 0.6 is 11.6 Å². The molecule has 2 aromatic heterocycles. The molecule has 0 bridgehead atoms. The summed E-state index contributed by atoms with van der Waals surface area (Å²) in [6.45, 7) is 2.71. The standard InChI is InChI=1S/C23H20ClN3O2S/c1-15-6-8-18(9-7-15)30(28,29)26(2)19-5-3-4-16-11-13-27-20(21(16)19)14-17-10-12-25-23(24)22(17)27/h3-10,12,14H,11,13H2,1-2H3. The fourth-order valence-electron chi connectivity index (χ4n) is 4.19. The number of hydrogen-bond donors (Lipinski definition) is 0. The van der Waals surface area contributed by atoms with Gasteiger partial charge in [0.25, 0.3) is 10.0 Å². The molecule has 3 heterocycles. The van der Waals surface area contributed by atoms with Crippen LogP contribution in [0.5, 0.6) is 0 Å². The second kappa shape index (κ2) is 6.86. The Labute approximate surface area is 180 Å². The number of sulfonamides is 1. The van der Waals surface area contributed by atoms with Crippen LogP contribution in [0.4, 0.5) is 5.69 Å². The molecule has 0 unspecified atom stereocenters. The number of rotatable bonds is 3. The minimum atomic E-state index is -3.70. The van der Waals surface area contributed by atoms with Crippen molar-refractivity contribution in [3.63, 3.8) is 0 Å². The SMILES string of the molecule is Cc1ccc(S(=O)(=O)N(C)c2cccc3c2-c2cc4ccnc(Cl)c4n2CC3)cc1. The van der Waals surface area contributed by atoms with Crippen molar-refractivity contribution in [1.82, 2.24) is 9.55 Å². The van der Waals surface area contributed by atoms with E-state index in [4.69, 9.17) is 11.6 Å². The third-order valence-corrected chi connectivity index (χ3v) is 7.83. The van der Waals surface area contributed by atoms with E-state index in [0.717, 1.165) is 46.3 Å². The molecule has 4 aromatic rings. The molecule has 0 saturated heterocycles. The number of anilines is 1. The lowest BCUT2D eigenvalue weighted by Gasteiger charge is -2.27. The molecule has 30 heavy (non-hydrogen) atoms. The first-order valence-corrected chi connectivity index (χ1v) is 11.5. The molecular weight excluding hydrogens is 418 g/mol. The molecule has 5 rings (SSSR count). The lowest BCUT2D eigenvalue weighted by molar-refractivity contribution is 0.594. The first-order chi connectivity index (χ1) is 14.4. The van der Waals surface area contributed by atoms with E-state index >= 15 is 0 Å². The Hall–Kier alpha value is -2.83. The van der Waals surface area contributed by atoms with Gasteiger partial charge in [0.15, 0.2) is 5.15 Å². The van der Waals surface area contributed by atoms with E-state index in [1.54, 1.807) is 25.4 Å². The van der Waals surface area contributed by atoms with Crippen molar-refractivity contribution in [1.29, 1.82) is 0 Å². The third-order valence-electron chi connectivity index (χ3n) is 5.77. The normalized spacial score (nSPS) is 13.2. The van der Waals surface area contributed by atoms with Gasteiger partial charge in [0.1, 0.15) is 0 Å². The number of fused-ring (bicyclic) bond motifs is 5. The monoisotopic (exact) mass is 437 g/mol. The van der Waals surface area contributed by atoms with Gasteiger partial charge in [0, 0.05) is 30.7 Å². The van der Waals surface area contributed by atoms with E-state index in [2.05, 4.69) is 21.7 Å². The predicted octanol–water partition coefficient (Wildman–Crippen LogP) is 5.05. The summed E-state index contributed by atoms with van der Waals surface area (Å²) in [5.41, 5.74) is 5.57. The van der Waals surface area contributed by atoms with Gasteiger partial charge in [-0.2, -0.15) is 0 Å². The highest BCUT2D eigenvalue weighted by Crippen LogP contribution is 2.42. The van der Waals surface area contributed by atoms with Gasteiger partial charge < -0.3 is 4.57 Å².